The van der Waals surface area contributed by atoms with Crippen LogP contribution in [0.2, 0.25) is 0 Å². The van der Waals surface area contributed by atoms with Crippen molar-refractivity contribution in [2.75, 3.05) is 0 Å². The van der Waals surface area contributed by atoms with Crippen LogP contribution in [0.5, 0.6) is 11.5 Å². The molecule has 1 atom stereocenters. The van der Waals surface area contributed by atoms with E-state index in [4.69, 9.17) is 4.74 Å². The van der Waals surface area contributed by atoms with Crippen molar-refractivity contribution >= 4 is 38.8 Å². The van der Waals surface area contributed by atoms with E-state index in [0.29, 0.717) is 11.3 Å². The number of hydrogen-bond acceptors (Lipinski definition) is 4. The molecule has 0 aromatic heterocycles. The predicted molar refractivity (Wildman–Crippen MR) is 110 cm³/mol. The van der Waals surface area contributed by atoms with Crippen molar-refractivity contribution < 1.29 is 14.6 Å². The molecule has 6 heteroatoms. The van der Waals surface area contributed by atoms with E-state index < -0.39 is 12.0 Å². The van der Waals surface area contributed by atoms with Crippen LogP contribution in [0.15, 0.2) is 64.2 Å². The maximum absolute atomic E-state index is 12.2. The van der Waals surface area contributed by atoms with Crippen molar-refractivity contribution in [3.63, 3.8) is 0 Å². The molecule has 0 unspecified atom stereocenters. The zero-order chi connectivity index (χ0) is 19.4. The summed E-state index contributed by atoms with van der Waals surface area (Å²) in [6.07, 6.45) is 0.701. The standard InChI is InChI=1S/C21H19BrN2O3/c1-13-7-10-20(18(22)11-13)27-14(2)21(26)24-23-12-17-16-6-4-3-5-15(16)8-9-19(17)25/h3-12,14,25H,1-2H3,(H,24,26)/b23-12-/t14-/m1/s1. The lowest BCUT2D eigenvalue weighted by Gasteiger charge is -2.14. The number of aryl methyl sites for hydroxylation is 1. The molecule has 27 heavy (non-hydrogen) atoms. The van der Waals surface area contributed by atoms with Crippen LogP contribution in [0, 0.1) is 6.92 Å². The second-order valence-electron chi connectivity index (χ2n) is 6.15. The molecule has 0 radical (unpaired) electrons. The zero-order valence-electron chi connectivity index (χ0n) is 14.9. The van der Waals surface area contributed by atoms with E-state index in [1.807, 2.05) is 49.4 Å². The Labute approximate surface area is 165 Å². The molecular formula is C21H19BrN2O3. The molecule has 0 saturated carbocycles. The monoisotopic (exact) mass is 426 g/mol. The van der Waals surface area contributed by atoms with Gasteiger partial charge in [-0.2, -0.15) is 5.10 Å². The molecule has 2 N–H and O–H groups in total. The first-order valence-electron chi connectivity index (χ1n) is 8.42. The van der Waals surface area contributed by atoms with E-state index in [9.17, 15) is 9.90 Å². The number of nitrogens with one attached hydrogen (secondary N) is 1. The molecule has 0 fully saturated rings. The number of carbonyl (C=O) groups is 1. The van der Waals surface area contributed by atoms with Gasteiger partial charge in [-0.25, -0.2) is 5.43 Å². The van der Waals surface area contributed by atoms with E-state index in [1.165, 1.54) is 6.21 Å². The maximum atomic E-state index is 12.2. The number of hydrazone groups is 1. The van der Waals surface area contributed by atoms with Crippen LogP contribution < -0.4 is 10.2 Å². The highest BCUT2D eigenvalue weighted by molar-refractivity contribution is 9.10. The van der Waals surface area contributed by atoms with Gasteiger partial charge in [-0.3, -0.25) is 4.79 Å². The average Bonchev–Trinajstić information content (AvgIpc) is 2.65. The van der Waals surface area contributed by atoms with Crippen molar-refractivity contribution in [2.24, 2.45) is 5.10 Å². The quantitative estimate of drug-likeness (QED) is 0.464. The number of fused-ring (bicyclic) bond motifs is 1. The van der Waals surface area contributed by atoms with E-state index in [0.717, 1.165) is 20.8 Å². The van der Waals surface area contributed by atoms with Crippen molar-refractivity contribution in [3.05, 3.63) is 70.2 Å². The van der Waals surface area contributed by atoms with Gasteiger partial charge in [-0.05, 0) is 64.3 Å². The molecule has 0 spiro atoms. The summed E-state index contributed by atoms with van der Waals surface area (Å²) in [5.41, 5.74) is 4.09. The largest absolute Gasteiger partial charge is 0.507 e. The number of phenolic OH excluding ortho intramolecular Hbond substituents is 1. The first-order chi connectivity index (χ1) is 13.0. The van der Waals surface area contributed by atoms with Crippen LogP contribution in [0.4, 0.5) is 0 Å². The second kappa shape index (κ2) is 8.22. The normalized spacial score (nSPS) is 12.3. The highest BCUT2D eigenvalue weighted by atomic mass is 79.9. The Morgan fingerprint density at radius 1 is 1.22 bits per heavy atom. The van der Waals surface area contributed by atoms with E-state index in [-0.39, 0.29) is 5.75 Å². The summed E-state index contributed by atoms with van der Waals surface area (Å²) in [7, 11) is 0. The molecule has 0 heterocycles. The Kier molecular flexibility index (Phi) is 5.76. The van der Waals surface area contributed by atoms with Gasteiger partial charge in [0.2, 0.25) is 0 Å². The molecule has 1 amide bonds. The third-order valence-corrected chi connectivity index (χ3v) is 4.70. The number of benzene rings is 3. The molecule has 3 rings (SSSR count). The maximum Gasteiger partial charge on any atom is 0.280 e. The van der Waals surface area contributed by atoms with Gasteiger partial charge in [-0.15, -0.1) is 0 Å². The minimum absolute atomic E-state index is 0.0968. The summed E-state index contributed by atoms with van der Waals surface area (Å²) in [4.78, 5) is 12.2. The van der Waals surface area contributed by atoms with Crippen LogP contribution in [0.1, 0.15) is 18.1 Å². The first-order valence-corrected chi connectivity index (χ1v) is 9.21. The van der Waals surface area contributed by atoms with Crippen LogP contribution in [-0.4, -0.2) is 23.3 Å². The smallest absolute Gasteiger partial charge is 0.280 e. The summed E-state index contributed by atoms with van der Waals surface area (Å²) < 4.78 is 6.46. The fraction of sp³-hybridized carbons (Fsp3) is 0.143. The van der Waals surface area contributed by atoms with Gasteiger partial charge in [0.15, 0.2) is 6.10 Å². The van der Waals surface area contributed by atoms with Gasteiger partial charge < -0.3 is 9.84 Å². The van der Waals surface area contributed by atoms with E-state index in [1.54, 1.807) is 19.1 Å². The third-order valence-electron chi connectivity index (χ3n) is 4.08. The van der Waals surface area contributed by atoms with Crippen molar-refractivity contribution in [3.8, 4) is 11.5 Å². The summed E-state index contributed by atoms with van der Waals surface area (Å²) in [6.45, 7) is 3.62. The Morgan fingerprint density at radius 3 is 2.78 bits per heavy atom. The molecule has 0 aliphatic heterocycles. The minimum Gasteiger partial charge on any atom is -0.507 e. The molecule has 3 aromatic rings. The fourth-order valence-electron chi connectivity index (χ4n) is 2.62. The molecule has 138 valence electrons. The number of nitrogens with zero attached hydrogens (tertiary/aromatic N) is 1. The number of rotatable bonds is 5. The number of halogens is 1. The van der Waals surface area contributed by atoms with Gasteiger partial charge in [-0.1, -0.05) is 36.4 Å². The van der Waals surface area contributed by atoms with Crippen molar-refractivity contribution in [2.45, 2.75) is 20.0 Å². The van der Waals surface area contributed by atoms with Gasteiger partial charge in [0.05, 0.1) is 10.7 Å². The van der Waals surface area contributed by atoms with E-state index in [2.05, 4.69) is 26.5 Å². The number of carbonyl (C=O) groups excluding carboxylic acids is 1. The lowest BCUT2D eigenvalue weighted by molar-refractivity contribution is -0.127. The van der Waals surface area contributed by atoms with Crippen LogP contribution in [0.25, 0.3) is 10.8 Å². The van der Waals surface area contributed by atoms with Crippen LogP contribution in [-0.2, 0) is 4.79 Å². The Hall–Kier alpha value is -2.86. The SMILES string of the molecule is Cc1ccc(O[C@H](C)C(=O)N/N=C\c2c(O)ccc3ccccc23)c(Br)c1. The van der Waals surface area contributed by atoms with Gasteiger partial charge in [0.25, 0.3) is 5.91 Å². The minimum atomic E-state index is -0.734. The first kappa shape index (κ1) is 18.9. The average molecular weight is 427 g/mol. The lowest BCUT2D eigenvalue weighted by Crippen LogP contribution is -2.33. The molecular weight excluding hydrogens is 408 g/mol. The molecule has 5 nitrogen and oxygen atoms in total. The summed E-state index contributed by atoms with van der Waals surface area (Å²) in [6, 6.07) is 16.7. The van der Waals surface area contributed by atoms with E-state index >= 15 is 0 Å². The lowest BCUT2D eigenvalue weighted by atomic mass is 10.0. The Bertz CT molecular complexity index is 1020. The molecule has 0 aliphatic rings. The number of aromatic hydroxyl groups is 1. The summed E-state index contributed by atoms with van der Waals surface area (Å²) >= 11 is 3.42. The molecule has 0 saturated heterocycles. The van der Waals surface area contributed by atoms with Gasteiger partial charge in [0, 0.05) is 5.56 Å². The van der Waals surface area contributed by atoms with Crippen LogP contribution in [0.3, 0.4) is 0 Å². The summed E-state index contributed by atoms with van der Waals surface area (Å²) in [5, 5.41) is 15.9. The molecule has 0 bridgehead atoms. The van der Waals surface area contributed by atoms with Gasteiger partial charge in [0.1, 0.15) is 11.5 Å². The number of ether oxygens (including phenoxy) is 1. The number of hydrogen-bond donors (Lipinski definition) is 2. The molecule has 0 aliphatic carbocycles. The topological polar surface area (TPSA) is 70.9 Å². The van der Waals surface area contributed by atoms with Crippen molar-refractivity contribution in [1.29, 1.82) is 0 Å². The Balaban J connectivity index is 1.69. The third kappa shape index (κ3) is 4.46. The highest BCUT2D eigenvalue weighted by Gasteiger charge is 2.15. The fourth-order valence-corrected chi connectivity index (χ4v) is 3.20. The zero-order valence-corrected chi connectivity index (χ0v) is 16.5. The van der Waals surface area contributed by atoms with Gasteiger partial charge >= 0.3 is 0 Å². The Morgan fingerprint density at radius 2 is 2.00 bits per heavy atom. The summed E-state index contributed by atoms with van der Waals surface area (Å²) in [5.74, 6) is 0.289. The predicted octanol–water partition coefficient (Wildman–Crippen LogP) is 4.53. The second-order valence-corrected chi connectivity index (χ2v) is 7.00. The number of amides is 1. The number of phenols is 1. The molecule has 3 aromatic carbocycles. The van der Waals surface area contributed by atoms with Crippen molar-refractivity contribution in [1.82, 2.24) is 5.43 Å². The highest BCUT2D eigenvalue weighted by Crippen LogP contribution is 2.27. The van der Waals surface area contributed by atoms with Crippen LogP contribution >= 0.6 is 15.9 Å².